The van der Waals surface area contributed by atoms with Gasteiger partial charge in [-0.05, 0) is 43.3 Å². The third-order valence-corrected chi connectivity index (χ3v) is 4.80. The lowest BCUT2D eigenvalue weighted by Gasteiger charge is -2.07. The van der Waals surface area contributed by atoms with Gasteiger partial charge in [0.1, 0.15) is 16.7 Å². The number of furan rings is 1. The Morgan fingerprint density at radius 1 is 1.29 bits per heavy atom. The minimum atomic E-state index is -1.05. The molecule has 1 aromatic carbocycles. The van der Waals surface area contributed by atoms with Crippen LogP contribution in [0.4, 0.5) is 5.69 Å². The summed E-state index contributed by atoms with van der Waals surface area (Å²) in [6, 6.07) is 9.23. The van der Waals surface area contributed by atoms with E-state index in [1.54, 1.807) is 19.1 Å². The van der Waals surface area contributed by atoms with Crippen molar-refractivity contribution >= 4 is 46.1 Å². The molecule has 3 rings (SSSR count). The van der Waals surface area contributed by atoms with Crippen LogP contribution in [0.2, 0.25) is 0 Å². The first-order valence-corrected chi connectivity index (χ1v) is 9.07. The number of carboxylic acids is 1. The number of aromatic carboxylic acids is 1. The minimum absolute atomic E-state index is 0.0585. The fourth-order valence-corrected chi connectivity index (χ4v) is 3.23. The van der Waals surface area contributed by atoms with Crippen molar-refractivity contribution in [2.24, 2.45) is 10.2 Å². The van der Waals surface area contributed by atoms with Crippen LogP contribution in [-0.4, -0.2) is 39.0 Å². The lowest BCUT2D eigenvalue weighted by atomic mass is 10.2. The molecule has 0 radical (unpaired) electrons. The first kappa shape index (κ1) is 19.4. The summed E-state index contributed by atoms with van der Waals surface area (Å²) in [7, 11) is 0. The van der Waals surface area contributed by atoms with Gasteiger partial charge in [0.05, 0.1) is 11.8 Å². The van der Waals surface area contributed by atoms with E-state index >= 15 is 0 Å². The van der Waals surface area contributed by atoms with Crippen LogP contribution < -0.4 is 10.6 Å². The Kier molecular flexibility index (Phi) is 5.90. The normalized spacial score (nSPS) is 18.2. The average Bonchev–Trinajstić information content (AvgIpc) is 3.31. The lowest BCUT2D eigenvalue weighted by Crippen LogP contribution is -2.28. The molecular formula is C18H16N4O5S. The number of carboxylic acid groups (broad SMARTS) is 1. The molecule has 1 unspecified atom stereocenters. The van der Waals surface area contributed by atoms with Gasteiger partial charge in [0.25, 0.3) is 0 Å². The highest BCUT2D eigenvalue weighted by Gasteiger charge is 2.32. The van der Waals surface area contributed by atoms with Crippen molar-refractivity contribution in [2.75, 3.05) is 5.32 Å². The number of anilines is 1. The fourth-order valence-electron chi connectivity index (χ4n) is 2.32. The van der Waals surface area contributed by atoms with E-state index in [1.165, 1.54) is 30.5 Å². The molecule has 0 bridgehead atoms. The van der Waals surface area contributed by atoms with Crippen LogP contribution in [0.5, 0.6) is 0 Å². The van der Waals surface area contributed by atoms with E-state index in [1.807, 2.05) is 0 Å². The zero-order valence-electron chi connectivity index (χ0n) is 14.7. The second-order valence-electron chi connectivity index (χ2n) is 5.80. The molecule has 0 spiro atoms. The molecule has 1 saturated heterocycles. The Morgan fingerprint density at radius 2 is 2.04 bits per heavy atom. The van der Waals surface area contributed by atoms with Gasteiger partial charge in [0.2, 0.25) is 11.8 Å². The van der Waals surface area contributed by atoms with E-state index in [4.69, 9.17) is 9.52 Å². The largest absolute Gasteiger partial charge is 0.478 e. The molecule has 0 aliphatic carbocycles. The topological polar surface area (TPSA) is 133 Å². The van der Waals surface area contributed by atoms with Gasteiger partial charge in [0, 0.05) is 12.1 Å². The number of carbonyl (C=O) groups excluding carboxylic acids is 2. The van der Waals surface area contributed by atoms with Gasteiger partial charge in [-0.1, -0.05) is 11.8 Å². The van der Waals surface area contributed by atoms with Crippen LogP contribution in [0.1, 0.15) is 29.5 Å². The Balaban J connectivity index is 1.56. The molecule has 1 aliphatic rings. The molecule has 2 aromatic rings. The monoisotopic (exact) mass is 400 g/mol. The highest BCUT2D eigenvalue weighted by Crippen LogP contribution is 2.23. The van der Waals surface area contributed by atoms with Crippen LogP contribution >= 0.6 is 11.8 Å². The minimum Gasteiger partial charge on any atom is -0.478 e. The second-order valence-corrected chi connectivity index (χ2v) is 6.99. The summed E-state index contributed by atoms with van der Waals surface area (Å²) in [5, 5.41) is 21.8. The van der Waals surface area contributed by atoms with E-state index in [-0.39, 0.29) is 23.8 Å². The lowest BCUT2D eigenvalue weighted by molar-refractivity contribution is -0.122. The van der Waals surface area contributed by atoms with Gasteiger partial charge in [-0.25, -0.2) is 4.79 Å². The number of amides is 2. The summed E-state index contributed by atoms with van der Waals surface area (Å²) in [5.74, 6) is -1.17. The summed E-state index contributed by atoms with van der Waals surface area (Å²) in [5.41, 5.74) is 1.12. The Morgan fingerprint density at radius 3 is 2.68 bits per heavy atom. The number of amidine groups is 1. The summed E-state index contributed by atoms with van der Waals surface area (Å²) in [6.45, 7) is 1.73. The molecule has 1 fully saturated rings. The molecule has 2 heterocycles. The van der Waals surface area contributed by atoms with Crippen LogP contribution in [0, 0.1) is 0 Å². The SMILES string of the molecule is CC(=NN=C1NC(=O)C(CC(=O)Nc2ccc(C(=O)O)cc2)S1)c1ccco1. The van der Waals surface area contributed by atoms with Crippen molar-refractivity contribution in [3.05, 3.63) is 54.0 Å². The Bertz CT molecular complexity index is 951. The van der Waals surface area contributed by atoms with E-state index in [9.17, 15) is 14.4 Å². The summed E-state index contributed by atoms with van der Waals surface area (Å²) in [4.78, 5) is 35.0. The average molecular weight is 400 g/mol. The third-order valence-electron chi connectivity index (χ3n) is 3.73. The van der Waals surface area contributed by atoms with Crippen LogP contribution in [-0.2, 0) is 9.59 Å². The summed E-state index contributed by atoms with van der Waals surface area (Å²) >= 11 is 1.12. The Hall–Kier alpha value is -3.40. The van der Waals surface area contributed by atoms with Crippen molar-refractivity contribution in [3.63, 3.8) is 0 Å². The van der Waals surface area contributed by atoms with Crippen molar-refractivity contribution < 1.29 is 23.9 Å². The number of thioether (sulfide) groups is 1. The smallest absolute Gasteiger partial charge is 0.335 e. The van der Waals surface area contributed by atoms with Crippen molar-refractivity contribution in [3.8, 4) is 0 Å². The number of hydrogen-bond acceptors (Lipinski definition) is 7. The molecule has 9 nitrogen and oxygen atoms in total. The summed E-state index contributed by atoms with van der Waals surface area (Å²) in [6.07, 6.45) is 1.47. The third kappa shape index (κ3) is 4.86. The molecule has 1 aromatic heterocycles. The maximum absolute atomic E-state index is 12.2. The maximum Gasteiger partial charge on any atom is 0.335 e. The van der Waals surface area contributed by atoms with Gasteiger partial charge in [-0.3, -0.25) is 9.59 Å². The van der Waals surface area contributed by atoms with Gasteiger partial charge >= 0.3 is 5.97 Å². The number of benzene rings is 1. The zero-order chi connectivity index (χ0) is 20.1. The molecule has 2 amide bonds. The number of rotatable bonds is 6. The van der Waals surface area contributed by atoms with Crippen LogP contribution in [0.15, 0.2) is 57.3 Å². The quantitative estimate of drug-likeness (QED) is 0.503. The highest BCUT2D eigenvalue weighted by molar-refractivity contribution is 8.15. The fraction of sp³-hybridized carbons (Fsp3) is 0.167. The first-order valence-electron chi connectivity index (χ1n) is 8.19. The van der Waals surface area contributed by atoms with E-state index in [0.29, 0.717) is 22.3 Å². The second kappa shape index (κ2) is 8.53. The Labute approximate surface area is 163 Å². The number of nitrogens with one attached hydrogen (secondary N) is 2. The van der Waals surface area contributed by atoms with Crippen LogP contribution in [0.25, 0.3) is 0 Å². The molecule has 1 aliphatic heterocycles. The van der Waals surface area contributed by atoms with Crippen molar-refractivity contribution in [1.82, 2.24) is 5.32 Å². The number of hydrogen-bond donors (Lipinski definition) is 3. The zero-order valence-corrected chi connectivity index (χ0v) is 15.5. The molecule has 144 valence electrons. The maximum atomic E-state index is 12.2. The number of nitrogens with zero attached hydrogens (tertiary/aromatic N) is 2. The van der Waals surface area contributed by atoms with Crippen LogP contribution in [0.3, 0.4) is 0 Å². The van der Waals surface area contributed by atoms with E-state index in [0.717, 1.165) is 11.8 Å². The van der Waals surface area contributed by atoms with Gasteiger partial charge < -0.3 is 20.2 Å². The molecule has 28 heavy (non-hydrogen) atoms. The molecular weight excluding hydrogens is 384 g/mol. The predicted molar refractivity (Wildman–Crippen MR) is 105 cm³/mol. The van der Waals surface area contributed by atoms with E-state index < -0.39 is 11.2 Å². The molecule has 1 atom stereocenters. The molecule has 0 saturated carbocycles. The molecule has 10 heteroatoms. The van der Waals surface area contributed by atoms with E-state index in [2.05, 4.69) is 20.8 Å². The van der Waals surface area contributed by atoms with Gasteiger partial charge in [-0.2, -0.15) is 0 Å². The predicted octanol–water partition coefficient (Wildman–Crippen LogP) is 2.32. The van der Waals surface area contributed by atoms with Gasteiger partial charge in [-0.15, -0.1) is 10.2 Å². The standard InChI is InChI=1S/C18H16N4O5S/c1-10(13-3-2-8-27-13)21-22-18-20-16(24)14(28-18)9-15(23)19-12-6-4-11(5-7-12)17(25)26/h2-8,14H,9H2,1H3,(H,19,23)(H,25,26)(H,20,22,24). The first-order chi connectivity index (χ1) is 13.4. The van der Waals surface area contributed by atoms with Crippen molar-refractivity contribution in [2.45, 2.75) is 18.6 Å². The molecule has 3 N–H and O–H groups in total. The number of carbonyl (C=O) groups is 3. The van der Waals surface area contributed by atoms with Gasteiger partial charge in [0.15, 0.2) is 5.17 Å². The highest BCUT2D eigenvalue weighted by atomic mass is 32.2. The van der Waals surface area contributed by atoms with Crippen molar-refractivity contribution in [1.29, 1.82) is 0 Å². The summed E-state index contributed by atoms with van der Waals surface area (Å²) < 4.78 is 5.20.